The Morgan fingerprint density at radius 2 is 1.96 bits per heavy atom. The third-order valence-corrected chi connectivity index (χ3v) is 5.41. The second-order valence-corrected chi connectivity index (χ2v) is 7.06. The van der Waals surface area contributed by atoms with E-state index in [2.05, 4.69) is 12.2 Å². The predicted octanol–water partition coefficient (Wildman–Crippen LogP) is 2.47. The molecule has 0 saturated carbocycles. The number of aryl methyl sites for hydroxylation is 2. The van der Waals surface area contributed by atoms with Gasteiger partial charge in [0, 0.05) is 32.4 Å². The van der Waals surface area contributed by atoms with Crippen LogP contribution in [0.5, 0.6) is 0 Å². The lowest BCUT2D eigenvalue weighted by Crippen LogP contribution is -2.49. The summed E-state index contributed by atoms with van der Waals surface area (Å²) in [5.74, 6) is 0.161. The van der Waals surface area contributed by atoms with E-state index in [1.54, 1.807) is 23.2 Å². The van der Waals surface area contributed by atoms with Gasteiger partial charge in [-0.15, -0.1) is 0 Å². The van der Waals surface area contributed by atoms with E-state index in [9.17, 15) is 9.59 Å². The Balaban J connectivity index is 1.79. The van der Waals surface area contributed by atoms with Gasteiger partial charge in [0.1, 0.15) is 6.04 Å². The minimum atomic E-state index is -0.287. The van der Waals surface area contributed by atoms with E-state index in [-0.39, 0.29) is 17.6 Å². The van der Waals surface area contributed by atoms with Gasteiger partial charge in [-0.1, -0.05) is 6.92 Å². The lowest BCUT2D eigenvalue weighted by atomic mass is 9.99. The summed E-state index contributed by atoms with van der Waals surface area (Å²) < 4.78 is 3.26. The van der Waals surface area contributed by atoms with E-state index in [4.69, 9.17) is 0 Å². The zero-order valence-corrected chi connectivity index (χ0v) is 15.6. The molecule has 0 radical (unpaired) electrons. The summed E-state index contributed by atoms with van der Waals surface area (Å²) in [5, 5.41) is 3.32. The van der Waals surface area contributed by atoms with Crippen molar-refractivity contribution >= 4 is 22.6 Å². The molecule has 0 aliphatic carbocycles. The Kier molecular flexibility index (Phi) is 4.88. The van der Waals surface area contributed by atoms with Crippen LogP contribution in [-0.2, 0) is 18.9 Å². The number of carbonyl (C=O) groups is 1. The van der Waals surface area contributed by atoms with Gasteiger partial charge in [0.25, 0.3) is 0 Å². The van der Waals surface area contributed by atoms with Gasteiger partial charge >= 0.3 is 5.69 Å². The van der Waals surface area contributed by atoms with Crippen molar-refractivity contribution in [2.45, 2.75) is 51.6 Å². The van der Waals surface area contributed by atoms with Crippen molar-refractivity contribution in [3.63, 3.8) is 0 Å². The minimum absolute atomic E-state index is 0.0459. The Hall–Kier alpha value is -2.24. The van der Waals surface area contributed by atoms with E-state index in [0.717, 1.165) is 42.5 Å². The summed E-state index contributed by atoms with van der Waals surface area (Å²) in [6.45, 7) is 4.92. The van der Waals surface area contributed by atoms with Gasteiger partial charge in [0.15, 0.2) is 0 Å². The van der Waals surface area contributed by atoms with Gasteiger partial charge in [-0.25, -0.2) is 4.79 Å². The maximum atomic E-state index is 12.9. The number of piperidine rings is 1. The summed E-state index contributed by atoms with van der Waals surface area (Å²) in [4.78, 5) is 27.0. The number of likely N-dealkylation sites (tertiary alicyclic amines) is 1. The molecule has 1 N–H and O–H groups in total. The van der Waals surface area contributed by atoms with Crippen molar-refractivity contribution in [2.24, 2.45) is 14.1 Å². The van der Waals surface area contributed by atoms with Crippen LogP contribution in [0.15, 0.2) is 23.0 Å². The first-order valence-electron chi connectivity index (χ1n) is 9.16. The van der Waals surface area contributed by atoms with E-state index in [1.807, 2.05) is 30.0 Å². The molecule has 6 nitrogen and oxygen atoms in total. The van der Waals surface area contributed by atoms with Gasteiger partial charge in [-0.3, -0.25) is 13.9 Å². The van der Waals surface area contributed by atoms with Crippen LogP contribution < -0.4 is 11.0 Å². The van der Waals surface area contributed by atoms with Crippen LogP contribution in [0, 0.1) is 0 Å². The number of aromatic nitrogens is 2. The normalized spacial score (nSPS) is 19.2. The topological polar surface area (TPSA) is 59.3 Å². The molecule has 0 unspecified atom stereocenters. The quantitative estimate of drug-likeness (QED) is 0.927. The predicted molar refractivity (Wildman–Crippen MR) is 101 cm³/mol. The maximum Gasteiger partial charge on any atom is 0.328 e. The van der Waals surface area contributed by atoms with Crippen molar-refractivity contribution in [1.82, 2.24) is 14.0 Å². The van der Waals surface area contributed by atoms with Crippen LogP contribution in [0.1, 0.15) is 39.5 Å². The molecule has 25 heavy (non-hydrogen) atoms. The highest BCUT2D eigenvalue weighted by Gasteiger charge is 2.28. The third kappa shape index (κ3) is 3.17. The lowest BCUT2D eigenvalue weighted by molar-refractivity contribution is -0.135. The molecule has 2 aromatic rings. The van der Waals surface area contributed by atoms with Gasteiger partial charge in [0.2, 0.25) is 5.91 Å². The highest BCUT2D eigenvalue weighted by molar-refractivity contribution is 5.86. The first kappa shape index (κ1) is 17.6. The molecule has 1 saturated heterocycles. The molecule has 1 aliphatic rings. The molecule has 2 heterocycles. The van der Waals surface area contributed by atoms with Crippen molar-refractivity contribution in [3.8, 4) is 0 Å². The number of nitrogens with zero attached hydrogens (tertiary/aromatic N) is 3. The molecule has 136 valence electrons. The van der Waals surface area contributed by atoms with E-state index >= 15 is 0 Å². The number of nitrogens with one attached hydrogen (secondary N) is 1. The smallest absolute Gasteiger partial charge is 0.328 e. The summed E-state index contributed by atoms with van der Waals surface area (Å²) in [5.41, 5.74) is 2.57. The molecule has 3 rings (SSSR count). The molecule has 1 aliphatic heterocycles. The summed E-state index contributed by atoms with van der Waals surface area (Å²) >= 11 is 0. The summed E-state index contributed by atoms with van der Waals surface area (Å²) in [7, 11) is 3.54. The molecule has 0 spiro atoms. The number of fused-ring (bicyclic) bond motifs is 1. The van der Waals surface area contributed by atoms with Crippen LogP contribution in [0.4, 0.5) is 5.69 Å². The molecule has 2 atom stereocenters. The summed E-state index contributed by atoms with van der Waals surface area (Å²) in [6, 6.07) is 5.87. The average molecular weight is 344 g/mol. The third-order valence-electron chi connectivity index (χ3n) is 5.41. The van der Waals surface area contributed by atoms with E-state index < -0.39 is 0 Å². The average Bonchev–Trinajstić information content (AvgIpc) is 2.85. The number of anilines is 1. The van der Waals surface area contributed by atoms with Crippen molar-refractivity contribution in [1.29, 1.82) is 0 Å². The van der Waals surface area contributed by atoms with Gasteiger partial charge in [0.05, 0.1) is 11.0 Å². The Morgan fingerprint density at radius 1 is 1.24 bits per heavy atom. The fourth-order valence-corrected chi connectivity index (χ4v) is 3.87. The van der Waals surface area contributed by atoms with Crippen molar-refractivity contribution < 1.29 is 4.79 Å². The molecular formula is C19H28N4O2. The van der Waals surface area contributed by atoms with Crippen molar-refractivity contribution in [3.05, 3.63) is 28.7 Å². The Bertz CT molecular complexity index is 836. The van der Waals surface area contributed by atoms with Gasteiger partial charge < -0.3 is 10.2 Å². The molecule has 6 heteroatoms. The van der Waals surface area contributed by atoms with E-state index in [0.29, 0.717) is 6.04 Å². The number of imidazole rings is 1. The van der Waals surface area contributed by atoms with Crippen LogP contribution >= 0.6 is 0 Å². The van der Waals surface area contributed by atoms with Gasteiger partial charge in [-0.2, -0.15) is 0 Å². The summed E-state index contributed by atoms with van der Waals surface area (Å²) in [6.07, 6.45) is 4.42. The highest BCUT2D eigenvalue weighted by Crippen LogP contribution is 2.22. The first-order valence-corrected chi connectivity index (χ1v) is 9.16. The fraction of sp³-hybridized carbons (Fsp3) is 0.579. The van der Waals surface area contributed by atoms with Crippen molar-refractivity contribution in [2.75, 3.05) is 11.9 Å². The van der Waals surface area contributed by atoms with Gasteiger partial charge in [-0.05, 0) is 50.8 Å². The van der Waals surface area contributed by atoms with Crippen LogP contribution in [0.3, 0.4) is 0 Å². The molecular weight excluding hydrogens is 316 g/mol. The number of amides is 1. The second-order valence-electron chi connectivity index (χ2n) is 7.06. The van der Waals surface area contributed by atoms with E-state index in [1.165, 1.54) is 6.42 Å². The molecule has 1 aromatic heterocycles. The van der Waals surface area contributed by atoms with Crippen LogP contribution in [-0.4, -0.2) is 38.6 Å². The maximum absolute atomic E-state index is 12.9. The Labute approximate surface area is 148 Å². The SMILES string of the molecule is CC[C@@H]1CCCCN1C(=O)[C@H](C)Nc1ccc2c(c1)n(C)c(=O)n2C. The molecule has 0 bridgehead atoms. The van der Waals surface area contributed by atoms with Crippen LogP contribution in [0.2, 0.25) is 0 Å². The largest absolute Gasteiger partial charge is 0.374 e. The lowest BCUT2D eigenvalue weighted by Gasteiger charge is -2.37. The number of benzene rings is 1. The first-order chi connectivity index (χ1) is 11.9. The highest BCUT2D eigenvalue weighted by atomic mass is 16.2. The molecule has 1 aromatic carbocycles. The van der Waals surface area contributed by atoms with Crippen LogP contribution in [0.25, 0.3) is 11.0 Å². The molecule has 1 amide bonds. The molecule has 1 fully saturated rings. The number of carbonyl (C=O) groups excluding carboxylic acids is 1. The standard InChI is InChI=1S/C19H28N4O2/c1-5-15-8-6-7-11-23(15)18(24)13(2)20-14-9-10-16-17(12-14)22(4)19(25)21(16)3/h9-10,12-13,15,20H,5-8,11H2,1-4H3/t13-,15+/m0/s1. The zero-order chi connectivity index (χ0) is 18.1. The number of hydrogen-bond acceptors (Lipinski definition) is 3. The minimum Gasteiger partial charge on any atom is -0.374 e. The Morgan fingerprint density at radius 3 is 2.68 bits per heavy atom. The fourth-order valence-electron chi connectivity index (χ4n) is 3.87. The number of rotatable bonds is 4. The zero-order valence-electron chi connectivity index (χ0n) is 15.6. The monoisotopic (exact) mass is 344 g/mol. The number of hydrogen-bond donors (Lipinski definition) is 1. The second kappa shape index (κ2) is 6.94.